The Bertz CT molecular complexity index is 2420. The highest BCUT2D eigenvalue weighted by Crippen LogP contribution is 2.44. The van der Waals surface area contributed by atoms with E-state index < -0.39 is 0 Å². The first-order valence-corrected chi connectivity index (χ1v) is 14.7. The molecule has 9 rings (SSSR count). The summed E-state index contributed by atoms with van der Waals surface area (Å²) >= 11 is 1.88. The minimum absolute atomic E-state index is 0.923. The second-order valence-electron chi connectivity index (χ2n) is 10.5. The second kappa shape index (κ2) is 8.69. The fourth-order valence-corrected chi connectivity index (χ4v) is 7.54. The van der Waals surface area contributed by atoms with E-state index in [1.807, 2.05) is 23.5 Å². The van der Waals surface area contributed by atoms with E-state index in [9.17, 15) is 0 Å². The molecule has 3 aromatic heterocycles. The summed E-state index contributed by atoms with van der Waals surface area (Å²) in [6.45, 7) is 0. The molecule has 0 atom stereocenters. The molecule has 0 aliphatic carbocycles. The van der Waals surface area contributed by atoms with E-state index >= 15 is 0 Å². The SMILES string of the molecule is c1ccc(-n2c3ccccc3c3sc4ccc(-c5cccc(-c6cccc7c6oc6ccccc67)c5)cc4c32)cc1. The van der Waals surface area contributed by atoms with Gasteiger partial charge in [0.1, 0.15) is 11.2 Å². The largest absolute Gasteiger partial charge is 0.455 e. The van der Waals surface area contributed by atoms with Crippen LogP contribution in [0.5, 0.6) is 0 Å². The van der Waals surface area contributed by atoms with Crippen LogP contribution in [0, 0.1) is 0 Å². The molecule has 6 aromatic carbocycles. The Morgan fingerprint density at radius 3 is 2.17 bits per heavy atom. The monoisotopic (exact) mass is 541 g/mol. The molecule has 0 amide bonds. The van der Waals surface area contributed by atoms with Crippen LogP contribution in [0.1, 0.15) is 0 Å². The van der Waals surface area contributed by atoms with Crippen molar-refractivity contribution in [2.75, 3.05) is 0 Å². The van der Waals surface area contributed by atoms with Crippen molar-refractivity contribution in [2.24, 2.45) is 0 Å². The van der Waals surface area contributed by atoms with Gasteiger partial charge in [0, 0.05) is 37.5 Å². The molecule has 0 saturated carbocycles. The second-order valence-corrected chi connectivity index (χ2v) is 11.6. The number of rotatable bonds is 3. The highest BCUT2D eigenvalue weighted by atomic mass is 32.1. The molecule has 0 saturated heterocycles. The summed E-state index contributed by atoms with van der Waals surface area (Å²) < 4.78 is 11.4. The zero-order valence-electron chi connectivity index (χ0n) is 22.0. The fourth-order valence-electron chi connectivity index (χ4n) is 6.34. The third-order valence-corrected chi connectivity index (χ3v) is 9.39. The van der Waals surface area contributed by atoms with Gasteiger partial charge in [-0.15, -0.1) is 11.3 Å². The van der Waals surface area contributed by atoms with Crippen LogP contribution < -0.4 is 0 Å². The number of benzene rings is 6. The van der Waals surface area contributed by atoms with Gasteiger partial charge in [-0.1, -0.05) is 97.1 Å². The lowest BCUT2D eigenvalue weighted by Gasteiger charge is -2.09. The van der Waals surface area contributed by atoms with E-state index in [1.165, 1.54) is 48.0 Å². The lowest BCUT2D eigenvalue weighted by atomic mass is 9.97. The lowest BCUT2D eigenvalue weighted by molar-refractivity contribution is 0.670. The van der Waals surface area contributed by atoms with Gasteiger partial charge >= 0.3 is 0 Å². The molecular weight excluding hydrogens is 518 g/mol. The molecule has 41 heavy (non-hydrogen) atoms. The normalized spacial score (nSPS) is 11.9. The lowest BCUT2D eigenvalue weighted by Crippen LogP contribution is -1.92. The third kappa shape index (κ3) is 3.36. The van der Waals surface area contributed by atoms with E-state index in [2.05, 4.69) is 132 Å². The number of furan rings is 1. The maximum absolute atomic E-state index is 6.36. The van der Waals surface area contributed by atoms with Gasteiger partial charge in [-0.25, -0.2) is 0 Å². The van der Waals surface area contributed by atoms with Crippen LogP contribution >= 0.6 is 11.3 Å². The van der Waals surface area contributed by atoms with Crippen molar-refractivity contribution >= 4 is 64.5 Å². The molecule has 192 valence electrons. The Hall–Kier alpha value is -5.12. The van der Waals surface area contributed by atoms with Crippen LogP contribution in [0.4, 0.5) is 0 Å². The van der Waals surface area contributed by atoms with Gasteiger partial charge in [0.25, 0.3) is 0 Å². The van der Waals surface area contributed by atoms with E-state index in [1.54, 1.807) is 0 Å². The van der Waals surface area contributed by atoms with Crippen molar-refractivity contribution in [3.8, 4) is 27.9 Å². The van der Waals surface area contributed by atoms with Gasteiger partial charge in [-0.2, -0.15) is 0 Å². The van der Waals surface area contributed by atoms with Gasteiger partial charge in [-0.05, 0) is 59.2 Å². The topological polar surface area (TPSA) is 18.1 Å². The molecule has 0 spiro atoms. The minimum atomic E-state index is 0.923. The maximum Gasteiger partial charge on any atom is 0.143 e. The van der Waals surface area contributed by atoms with Crippen molar-refractivity contribution < 1.29 is 4.42 Å². The molecule has 0 fully saturated rings. The Kier molecular flexibility index (Phi) is 4.80. The zero-order chi connectivity index (χ0) is 26.9. The molecule has 3 heteroatoms. The van der Waals surface area contributed by atoms with E-state index in [-0.39, 0.29) is 0 Å². The summed E-state index contributed by atoms with van der Waals surface area (Å²) in [7, 11) is 0. The summed E-state index contributed by atoms with van der Waals surface area (Å²) in [5.74, 6) is 0. The molecule has 0 unspecified atom stereocenters. The quantitative estimate of drug-likeness (QED) is 0.217. The average Bonchev–Trinajstić information content (AvgIpc) is 3.70. The summed E-state index contributed by atoms with van der Waals surface area (Å²) in [5, 5.41) is 4.89. The molecule has 0 aliphatic rings. The van der Waals surface area contributed by atoms with Crippen molar-refractivity contribution in [2.45, 2.75) is 0 Å². The van der Waals surface area contributed by atoms with E-state index in [0.717, 1.165) is 33.1 Å². The zero-order valence-corrected chi connectivity index (χ0v) is 22.9. The summed E-state index contributed by atoms with van der Waals surface area (Å²) in [6.07, 6.45) is 0. The van der Waals surface area contributed by atoms with Crippen molar-refractivity contribution in [3.63, 3.8) is 0 Å². The number of nitrogens with zero attached hydrogens (tertiary/aromatic N) is 1. The molecule has 0 bridgehead atoms. The number of aromatic nitrogens is 1. The fraction of sp³-hybridized carbons (Fsp3) is 0. The van der Waals surface area contributed by atoms with Crippen LogP contribution in [0.2, 0.25) is 0 Å². The molecule has 3 heterocycles. The molecule has 2 nitrogen and oxygen atoms in total. The van der Waals surface area contributed by atoms with Crippen LogP contribution in [0.25, 0.3) is 81.1 Å². The Balaban J connectivity index is 1.25. The number of hydrogen-bond donors (Lipinski definition) is 0. The van der Waals surface area contributed by atoms with Crippen LogP contribution in [-0.4, -0.2) is 4.57 Å². The number of thiophene rings is 1. The number of hydrogen-bond acceptors (Lipinski definition) is 2. The van der Waals surface area contributed by atoms with Gasteiger partial charge in [0.05, 0.1) is 15.7 Å². The predicted molar refractivity (Wildman–Crippen MR) is 174 cm³/mol. The third-order valence-electron chi connectivity index (χ3n) is 8.20. The first-order valence-electron chi connectivity index (χ1n) is 13.9. The van der Waals surface area contributed by atoms with Gasteiger partial charge in [0.2, 0.25) is 0 Å². The summed E-state index contributed by atoms with van der Waals surface area (Å²) in [6, 6.07) is 49.9. The molecule has 0 N–H and O–H groups in total. The van der Waals surface area contributed by atoms with Crippen molar-refractivity contribution in [1.82, 2.24) is 4.57 Å². The van der Waals surface area contributed by atoms with Gasteiger partial charge in [-0.3, -0.25) is 0 Å². The molecular formula is C38H23NOS. The van der Waals surface area contributed by atoms with E-state index in [0.29, 0.717) is 0 Å². The Labute approximate surface area is 240 Å². The average molecular weight is 542 g/mol. The smallest absolute Gasteiger partial charge is 0.143 e. The van der Waals surface area contributed by atoms with Crippen molar-refractivity contribution in [1.29, 1.82) is 0 Å². The van der Waals surface area contributed by atoms with Crippen LogP contribution in [0.3, 0.4) is 0 Å². The molecule has 9 aromatic rings. The van der Waals surface area contributed by atoms with Crippen LogP contribution in [-0.2, 0) is 0 Å². The molecule has 0 radical (unpaired) electrons. The first-order chi connectivity index (χ1) is 20.3. The number of para-hydroxylation sites is 4. The number of fused-ring (bicyclic) bond motifs is 8. The summed E-state index contributed by atoms with van der Waals surface area (Å²) in [5.41, 5.74) is 10.2. The highest BCUT2D eigenvalue weighted by molar-refractivity contribution is 7.26. The minimum Gasteiger partial charge on any atom is -0.455 e. The van der Waals surface area contributed by atoms with E-state index in [4.69, 9.17) is 4.42 Å². The molecule has 0 aliphatic heterocycles. The summed E-state index contributed by atoms with van der Waals surface area (Å²) in [4.78, 5) is 0. The highest BCUT2D eigenvalue weighted by Gasteiger charge is 2.18. The standard InChI is InChI=1S/C38H23NOS/c1-2-12-27(13-3-1)39-33-18-6-4-15-31(33)38-36(39)32-23-25(20-21-35(32)41-38)24-10-8-11-26(22-24)28-16-9-17-30-29-14-5-7-19-34(29)40-37(28)30/h1-23H. The Morgan fingerprint density at radius 1 is 0.512 bits per heavy atom. The maximum atomic E-state index is 6.36. The van der Waals surface area contributed by atoms with Crippen LogP contribution in [0.15, 0.2) is 144 Å². The first kappa shape index (κ1) is 22.7. The Morgan fingerprint density at radius 2 is 1.24 bits per heavy atom. The van der Waals surface area contributed by atoms with Gasteiger partial charge in [0.15, 0.2) is 0 Å². The van der Waals surface area contributed by atoms with Crippen molar-refractivity contribution in [3.05, 3.63) is 140 Å². The van der Waals surface area contributed by atoms with Gasteiger partial charge < -0.3 is 8.98 Å². The predicted octanol–water partition coefficient (Wildman–Crippen LogP) is 11.2.